The summed E-state index contributed by atoms with van der Waals surface area (Å²) in [6.07, 6.45) is 0. The van der Waals surface area contributed by atoms with E-state index in [2.05, 4.69) is 41.7 Å². The highest BCUT2D eigenvalue weighted by molar-refractivity contribution is 6.33. The predicted octanol–water partition coefficient (Wildman–Crippen LogP) is 13.0. The van der Waals surface area contributed by atoms with Crippen molar-refractivity contribution in [3.63, 3.8) is 0 Å². The number of alkyl halides is 3. The quantitative estimate of drug-likeness (QED) is 0.0314. The van der Waals surface area contributed by atoms with Crippen LogP contribution in [0.1, 0.15) is 89.7 Å². The van der Waals surface area contributed by atoms with Crippen molar-refractivity contribution < 1.29 is 38.2 Å². The molecule has 4 atom stereocenters. The molecule has 0 aliphatic rings. The lowest BCUT2D eigenvalue weighted by molar-refractivity contribution is -0.127. The van der Waals surface area contributed by atoms with Crippen molar-refractivity contribution in [2.75, 3.05) is 34.5 Å². The molecule has 0 aliphatic heterocycles. The number of anilines is 4. The van der Waals surface area contributed by atoms with E-state index in [0.717, 1.165) is 13.8 Å². The van der Waals surface area contributed by atoms with Crippen molar-refractivity contribution >= 4 is 127 Å². The molecule has 366 valence electrons. The minimum absolute atomic E-state index is 0.0108. The van der Waals surface area contributed by atoms with E-state index in [9.17, 15) is 28.8 Å². The number of ether oxygens (including phenoxy) is 2. The lowest BCUT2D eigenvalue weighted by Crippen LogP contribution is -2.32. The van der Waals surface area contributed by atoms with Crippen LogP contribution < -0.4 is 30.7 Å². The number of rotatable bonds is 21. The van der Waals surface area contributed by atoms with Crippen LogP contribution in [0.15, 0.2) is 111 Å². The number of carbonyl (C=O) groups excluding carboxylic acids is 6. The third-order valence-corrected chi connectivity index (χ3v) is 11.4. The number of halogens is 5. The van der Waals surface area contributed by atoms with Crippen molar-refractivity contribution in [2.45, 2.75) is 70.3 Å². The van der Waals surface area contributed by atoms with Gasteiger partial charge in [0.25, 0.3) is 23.6 Å². The number of Topliss-reactive ketones (excluding diaryl/α,β-unsaturated/α-hetero) is 2. The molecule has 16 nitrogen and oxygen atoms in total. The lowest BCUT2D eigenvalue weighted by atomic mass is 10.1. The molecule has 70 heavy (non-hydrogen) atoms. The first-order valence-electron chi connectivity index (χ1n) is 21.5. The van der Waals surface area contributed by atoms with Crippen LogP contribution in [-0.4, -0.2) is 60.5 Å². The van der Waals surface area contributed by atoms with Crippen LogP contribution in [-0.2, 0) is 25.1 Å². The molecule has 4 N–H and O–H groups in total. The van der Waals surface area contributed by atoms with Crippen molar-refractivity contribution in [1.82, 2.24) is 0 Å². The SMILES string of the molecule is CCOc1ccc(NC(=O)c2ccc(Cl)c(N=NC(C(C)=O)C(=O)Nc3ccc(NC(=O)C(N=Nc4cc(C(=O)Nc5ccc(OCC)c(C(C)Cl)c5)ccc4Cl)C(C)=O)c(CCl)c3)c2)cc1C(C)Cl. The van der Waals surface area contributed by atoms with Crippen LogP contribution in [0.5, 0.6) is 11.5 Å². The molecule has 0 aliphatic carbocycles. The molecule has 0 radical (unpaired) electrons. The highest BCUT2D eigenvalue weighted by Crippen LogP contribution is 2.35. The molecule has 0 heterocycles. The summed E-state index contributed by atoms with van der Waals surface area (Å²) in [5, 5.41) is 26.3. The Morgan fingerprint density at radius 1 is 0.557 bits per heavy atom. The number of benzene rings is 5. The molecule has 4 unspecified atom stereocenters. The number of hydrogen-bond donors (Lipinski definition) is 4. The number of amides is 4. The van der Waals surface area contributed by atoms with Crippen molar-refractivity contribution in [1.29, 1.82) is 0 Å². The Kier molecular flexibility index (Phi) is 19.8. The second-order valence-electron chi connectivity index (χ2n) is 15.3. The van der Waals surface area contributed by atoms with E-state index in [-0.39, 0.29) is 49.8 Å². The summed E-state index contributed by atoms with van der Waals surface area (Å²) in [5.74, 6) is -3.04. The molecule has 21 heteroatoms. The zero-order valence-corrected chi connectivity index (χ0v) is 42.3. The maximum Gasteiger partial charge on any atom is 0.258 e. The lowest BCUT2D eigenvalue weighted by Gasteiger charge is -2.15. The molecular weight excluding hydrogens is 1010 g/mol. The molecule has 0 fully saturated rings. The minimum Gasteiger partial charge on any atom is -0.494 e. The van der Waals surface area contributed by atoms with E-state index in [0.29, 0.717) is 52.8 Å². The third kappa shape index (κ3) is 14.6. The van der Waals surface area contributed by atoms with Gasteiger partial charge in [-0.3, -0.25) is 28.8 Å². The topological polar surface area (TPSA) is 218 Å². The number of azo groups is 2. The second-order valence-corrected chi connectivity index (χ2v) is 17.7. The first-order chi connectivity index (χ1) is 33.3. The Labute approximate surface area is 428 Å². The second kappa shape index (κ2) is 25.4. The van der Waals surface area contributed by atoms with Gasteiger partial charge in [-0.1, -0.05) is 23.2 Å². The third-order valence-electron chi connectivity index (χ3n) is 10.0. The number of ketones is 2. The van der Waals surface area contributed by atoms with Crippen LogP contribution in [0, 0.1) is 0 Å². The predicted molar refractivity (Wildman–Crippen MR) is 274 cm³/mol. The average molecular weight is 1050 g/mol. The first-order valence-corrected chi connectivity index (χ1v) is 23.7. The molecule has 5 rings (SSSR count). The number of nitrogens with zero attached hydrogens (tertiary/aromatic N) is 4. The molecule has 0 saturated carbocycles. The summed E-state index contributed by atoms with van der Waals surface area (Å²) >= 11 is 31.7. The monoisotopic (exact) mass is 1050 g/mol. The molecule has 0 saturated heterocycles. The minimum atomic E-state index is -1.65. The molecule has 0 spiro atoms. The largest absolute Gasteiger partial charge is 0.494 e. The maximum absolute atomic E-state index is 13.5. The van der Waals surface area contributed by atoms with Gasteiger partial charge in [0.1, 0.15) is 22.9 Å². The fourth-order valence-corrected chi connectivity index (χ4v) is 7.38. The summed E-state index contributed by atoms with van der Waals surface area (Å²) in [5.41, 5.74) is 3.31. The molecule has 0 aromatic heterocycles. The van der Waals surface area contributed by atoms with Gasteiger partial charge in [-0.15, -0.1) is 34.8 Å². The van der Waals surface area contributed by atoms with Gasteiger partial charge in [0.15, 0.2) is 11.6 Å². The van der Waals surface area contributed by atoms with Gasteiger partial charge >= 0.3 is 0 Å². The molecule has 5 aromatic carbocycles. The molecular formula is C49H47Cl5N8O8. The Hall–Kier alpha value is -6.43. The van der Waals surface area contributed by atoms with E-state index in [1.165, 1.54) is 54.6 Å². The van der Waals surface area contributed by atoms with Gasteiger partial charge in [0.05, 0.1) is 34.0 Å². The van der Waals surface area contributed by atoms with Gasteiger partial charge < -0.3 is 30.7 Å². The van der Waals surface area contributed by atoms with E-state index >= 15 is 0 Å². The molecule has 5 aromatic rings. The van der Waals surface area contributed by atoms with Crippen LogP contribution in [0.25, 0.3) is 0 Å². The smallest absolute Gasteiger partial charge is 0.258 e. The average Bonchev–Trinajstić information content (AvgIpc) is 3.31. The summed E-state index contributed by atoms with van der Waals surface area (Å²) in [7, 11) is 0. The number of nitrogens with one attached hydrogen (secondary N) is 4. The Bertz CT molecular complexity index is 2860. The van der Waals surface area contributed by atoms with E-state index in [1.54, 1.807) is 50.2 Å². The van der Waals surface area contributed by atoms with Crippen molar-refractivity contribution in [2.24, 2.45) is 20.5 Å². The van der Waals surface area contributed by atoms with Gasteiger partial charge in [-0.2, -0.15) is 20.5 Å². The van der Waals surface area contributed by atoms with Gasteiger partial charge in [-0.05, 0) is 138 Å². The van der Waals surface area contributed by atoms with Crippen LogP contribution in [0.4, 0.5) is 34.1 Å². The summed E-state index contributed by atoms with van der Waals surface area (Å²) in [4.78, 5) is 78.8. The van der Waals surface area contributed by atoms with Gasteiger partial charge in [-0.25, -0.2) is 0 Å². The molecule has 4 amide bonds. The highest BCUT2D eigenvalue weighted by atomic mass is 35.5. The van der Waals surface area contributed by atoms with Crippen molar-refractivity contribution in [3.05, 3.63) is 129 Å². The zero-order valence-electron chi connectivity index (χ0n) is 38.5. The van der Waals surface area contributed by atoms with E-state index in [4.69, 9.17) is 67.5 Å². The Morgan fingerprint density at radius 2 is 0.971 bits per heavy atom. The van der Waals surface area contributed by atoms with E-state index < -0.39 is 58.0 Å². The van der Waals surface area contributed by atoms with Crippen LogP contribution in [0.3, 0.4) is 0 Å². The number of hydrogen-bond acceptors (Lipinski definition) is 12. The van der Waals surface area contributed by atoms with Gasteiger partial charge in [0, 0.05) is 50.9 Å². The fourth-order valence-electron chi connectivity index (χ4n) is 6.51. The van der Waals surface area contributed by atoms with Crippen LogP contribution in [0.2, 0.25) is 10.0 Å². The van der Waals surface area contributed by atoms with Crippen molar-refractivity contribution in [3.8, 4) is 11.5 Å². The maximum atomic E-state index is 13.5. The first kappa shape index (κ1) is 54.5. The standard InChI is InChI=1S/C49H47Cl5N8O8/c1-7-69-42-17-12-33(22-35(42)25(3)51)55-46(65)29-9-14-37(53)40(20-29)59-61-44(27(5)63)48(67)57-32-11-16-39(31(19-32)24-50)58-49(68)45(28(6)64)62-60-41-21-30(10-15-38(41)54)47(66)56-34-13-18-43(70-8-2)36(23-34)26(4)52/h9-23,25-26,44-45H,7-8,24H2,1-6H3,(H,55,65)(H,56,66)(H,57,67)(H,58,68). The van der Waals surface area contributed by atoms with Crippen LogP contribution >= 0.6 is 58.0 Å². The fraction of sp³-hybridized carbons (Fsp3) is 0.265. The zero-order chi connectivity index (χ0) is 51.2. The molecule has 0 bridgehead atoms. The Balaban J connectivity index is 1.26. The summed E-state index contributed by atoms with van der Waals surface area (Å²) < 4.78 is 11.3. The van der Waals surface area contributed by atoms with Gasteiger partial charge in [0.2, 0.25) is 12.1 Å². The highest BCUT2D eigenvalue weighted by Gasteiger charge is 2.26. The summed E-state index contributed by atoms with van der Waals surface area (Å²) in [6.45, 7) is 10.4. The van der Waals surface area contributed by atoms with E-state index in [1.807, 2.05) is 13.8 Å². The Morgan fingerprint density at radius 3 is 1.37 bits per heavy atom. The normalized spacial score (nSPS) is 13.0. The summed E-state index contributed by atoms with van der Waals surface area (Å²) in [6, 6.07) is 19.7. The number of carbonyl (C=O) groups is 6.